The SMILES string of the molecule is c1ccc2c(c1)ccc1ccc3cc4c(cc3[n+]12)OCCOCCOCCOCCO4. The molecule has 4 aromatic rings. The molecule has 5 rings (SSSR count). The molecular weight excluding hydrogens is 394 g/mol. The number of aromatic nitrogens is 1. The predicted molar refractivity (Wildman–Crippen MR) is 118 cm³/mol. The second-order valence-corrected chi connectivity index (χ2v) is 7.38. The van der Waals surface area contributed by atoms with Crippen LogP contribution in [0.4, 0.5) is 0 Å². The van der Waals surface area contributed by atoms with Gasteiger partial charge in [0.25, 0.3) is 0 Å². The molecule has 0 atom stereocenters. The number of hydrogen-bond acceptors (Lipinski definition) is 5. The molecule has 1 aliphatic rings. The molecular formula is C25H26NO5+. The molecule has 2 aromatic carbocycles. The Balaban J connectivity index is 1.57. The Bertz CT molecular complexity index is 1190. The molecule has 1 aliphatic heterocycles. The minimum absolute atomic E-state index is 0.439. The van der Waals surface area contributed by atoms with Crippen LogP contribution in [0.1, 0.15) is 0 Å². The number of nitrogens with zero attached hydrogens (tertiary/aromatic N) is 1. The lowest BCUT2D eigenvalue weighted by atomic mass is 10.1. The molecule has 0 spiro atoms. The Hall–Kier alpha value is -2.93. The van der Waals surface area contributed by atoms with Crippen molar-refractivity contribution in [2.75, 3.05) is 52.9 Å². The van der Waals surface area contributed by atoms with Crippen LogP contribution in [0.2, 0.25) is 0 Å². The molecule has 0 N–H and O–H groups in total. The van der Waals surface area contributed by atoms with Crippen molar-refractivity contribution in [1.29, 1.82) is 0 Å². The van der Waals surface area contributed by atoms with Crippen LogP contribution in [-0.4, -0.2) is 52.9 Å². The molecule has 3 heterocycles. The summed E-state index contributed by atoms with van der Waals surface area (Å²) < 4.78 is 31.0. The zero-order valence-corrected chi connectivity index (χ0v) is 17.4. The van der Waals surface area contributed by atoms with Crippen molar-refractivity contribution in [3.05, 3.63) is 60.7 Å². The van der Waals surface area contributed by atoms with Gasteiger partial charge in [-0.25, -0.2) is 0 Å². The topological polar surface area (TPSA) is 50.2 Å². The summed E-state index contributed by atoms with van der Waals surface area (Å²) in [6.07, 6.45) is 0. The third-order valence-electron chi connectivity index (χ3n) is 5.35. The molecule has 0 bridgehead atoms. The van der Waals surface area contributed by atoms with E-state index in [1.807, 2.05) is 6.07 Å². The Kier molecular flexibility index (Phi) is 6.11. The van der Waals surface area contributed by atoms with Gasteiger partial charge in [-0.15, -0.1) is 0 Å². The quantitative estimate of drug-likeness (QED) is 0.322. The van der Waals surface area contributed by atoms with E-state index in [1.54, 1.807) is 0 Å². The van der Waals surface area contributed by atoms with E-state index in [2.05, 4.69) is 59.0 Å². The number of pyridine rings is 2. The summed E-state index contributed by atoms with van der Waals surface area (Å²) in [5.41, 5.74) is 3.35. The predicted octanol–water partition coefficient (Wildman–Crippen LogP) is 3.55. The highest BCUT2D eigenvalue weighted by atomic mass is 16.6. The normalized spacial score (nSPS) is 16.8. The zero-order valence-electron chi connectivity index (χ0n) is 17.4. The molecule has 160 valence electrons. The van der Waals surface area contributed by atoms with Crippen LogP contribution >= 0.6 is 0 Å². The molecule has 0 saturated heterocycles. The Morgan fingerprint density at radius 1 is 0.516 bits per heavy atom. The number of benzene rings is 2. The standard InChI is InChI=1S/C25H26NO5/c1-2-4-22-19(3-1)5-7-21-8-6-20-17-24-25(18-23(20)26(21)22)31-16-14-29-12-10-27-9-11-28-13-15-30-24/h1-8,17-18H,9-16H2/q+1. The summed E-state index contributed by atoms with van der Waals surface area (Å²) in [6.45, 7) is 4.06. The smallest absolute Gasteiger partial charge is 0.223 e. The van der Waals surface area contributed by atoms with Gasteiger partial charge in [0.1, 0.15) is 13.2 Å². The lowest BCUT2D eigenvalue weighted by Gasteiger charge is -2.13. The Morgan fingerprint density at radius 2 is 1.10 bits per heavy atom. The molecule has 0 fully saturated rings. The first-order chi connectivity index (χ1) is 15.4. The van der Waals surface area contributed by atoms with Gasteiger partial charge in [0, 0.05) is 23.6 Å². The van der Waals surface area contributed by atoms with E-state index in [1.165, 1.54) is 5.39 Å². The fraction of sp³-hybridized carbons (Fsp3) is 0.320. The van der Waals surface area contributed by atoms with Gasteiger partial charge in [-0.3, -0.25) is 0 Å². The van der Waals surface area contributed by atoms with Crippen molar-refractivity contribution in [3.63, 3.8) is 0 Å². The van der Waals surface area contributed by atoms with Crippen LogP contribution in [0, 0.1) is 0 Å². The van der Waals surface area contributed by atoms with E-state index in [4.69, 9.17) is 23.7 Å². The maximum atomic E-state index is 6.09. The average molecular weight is 420 g/mol. The second-order valence-electron chi connectivity index (χ2n) is 7.38. The number of para-hydroxylation sites is 1. The summed E-state index contributed by atoms with van der Waals surface area (Å²) >= 11 is 0. The number of fused-ring (bicyclic) bond motifs is 6. The van der Waals surface area contributed by atoms with Crippen molar-refractivity contribution in [2.24, 2.45) is 0 Å². The lowest BCUT2D eigenvalue weighted by Crippen LogP contribution is -2.24. The Morgan fingerprint density at radius 3 is 1.81 bits per heavy atom. The van der Waals surface area contributed by atoms with Gasteiger partial charge in [0.2, 0.25) is 16.6 Å². The summed E-state index contributed by atoms with van der Waals surface area (Å²) in [5, 5.41) is 2.27. The van der Waals surface area contributed by atoms with Crippen LogP contribution in [0.3, 0.4) is 0 Å². The van der Waals surface area contributed by atoms with E-state index >= 15 is 0 Å². The van der Waals surface area contributed by atoms with Gasteiger partial charge in [-0.1, -0.05) is 12.1 Å². The zero-order chi connectivity index (χ0) is 20.9. The van der Waals surface area contributed by atoms with Crippen molar-refractivity contribution >= 4 is 27.3 Å². The van der Waals surface area contributed by atoms with Crippen LogP contribution in [0.5, 0.6) is 11.5 Å². The molecule has 0 saturated carbocycles. The first kappa shape index (κ1) is 20.0. The van der Waals surface area contributed by atoms with Crippen LogP contribution < -0.4 is 13.9 Å². The van der Waals surface area contributed by atoms with E-state index < -0.39 is 0 Å². The summed E-state index contributed by atoms with van der Waals surface area (Å²) in [6, 6.07) is 21.0. The minimum Gasteiger partial charge on any atom is -0.487 e. The largest absolute Gasteiger partial charge is 0.487 e. The lowest BCUT2D eigenvalue weighted by molar-refractivity contribution is -0.450. The van der Waals surface area contributed by atoms with E-state index in [9.17, 15) is 0 Å². The second kappa shape index (κ2) is 9.47. The first-order valence-electron chi connectivity index (χ1n) is 10.7. The van der Waals surface area contributed by atoms with E-state index in [0.29, 0.717) is 64.4 Å². The number of rotatable bonds is 0. The van der Waals surface area contributed by atoms with Crippen molar-refractivity contribution in [3.8, 4) is 11.5 Å². The average Bonchev–Trinajstić information content (AvgIpc) is 2.82. The maximum absolute atomic E-state index is 6.09. The van der Waals surface area contributed by atoms with E-state index in [0.717, 1.165) is 21.9 Å². The van der Waals surface area contributed by atoms with Crippen molar-refractivity contribution in [1.82, 2.24) is 0 Å². The fourth-order valence-electron chi connectivity index (χ4n) is 3.88. The third-order valence-corrected chi connectivity index (χ3v) is 5.35. The van der Waals surface area contributed by atoms with Crippen molar-refractivity contribution in [2.45, 2.75) is 0 Å². The van der Waals surface area contributed by atoms with Crippen LogP contribution in [0.25, 0.3) is 27.3 Å². The summed E-state index contributed by atoms with van der Waals surface area (Å²) in [7, 11) is 0. The fourth-order valence-corrected chi connectivity index (χ4v) is 3.88. The van der Waals surface area contributed by atoms with Gasteiger partial charge < -0.3 is 23.7 Å². The van der Waals surface area contributed by atoms with Crippen LogP contribution in [-0.2, 0) is 14.2 Å². The molecule has 0 amide bonds. The summed E-state index contributed by atoms with van der Waals surface area (Å²) in [4.78, 5) is 0. The van der Waals surface area contributed by atoms with Gasteiger partial charge in [0.05, 0.1) is 51.1 Å². The van der Waals surface area contributed by atoms with Crippen LogP contribution in [0.15, 0.2) is 60.7 Å². The maximum Gasteiger partial charge on any atom is 0.223 e. The molecule has 0 aliphatic carbocycles. The monoisotopic (exact) mass is 420 g/mol. The van der Waals surface area contributed by atoms with Gasteiger partial charge >= 0.3 is 0 Å². The molecule has 0 radical (unpaired) electrons. The first-order valence-corrected chi connectivity index (χ1v) is 10.7. The molecule has 0 unspecified atom stereocenters. The van der Waals surface area contributed by atoms with Gasteiger partial charge in [0.15, 0.2) is 11.5 Å². The third kappa shape index (κ3) is 4.42. The van der Waals surface area contributed by atoms with Gasteiger partial charge in [-0.05, 0) is 24.3 Å². The van der Waals surface area contributed by atoms with E-state index in [-0.39, 0.29) is 0 Å². The highest BCUT2D eigenvalue weighted by Crippen LogP contribution is 2.32. The Labute approximate surface area is 180 Å². The molecule has 31 heavy (non-hydrogen) atoms. The van der Waals surface area contributed by atoms with Crippen molar-refractivity contribution < 1.29 is 28.1 Å². The summed E-state index contributed by atoms with van der Waals surface area (Å²) in [5.74, 6) is 1.41. The molecule has 2 aromatic heterocycles. The van der Waals surface area contributed by atoms with Gasteiger partial charge in [-0.2, -0.15) is 4.40 Å². The number of hydrogen-bond donors (Lipinski definition) is 0. The minimum atomic E-state index is 0.439. The highest BCUT2D eigenvalue weighted by molar-refractivity contribution is 5.85. The number of ether oxygens (including phenoxy) is 5. The molecule has 6 nitrogen and oxygen atoms in total. The highest BCUT2D eigenvalue weighted by Gasteiger charge is 2.18. The molecule has 6 heteroatoms.